The molecule has 0 spiro atoms. The predicted molar refractivity (Wildman–Crippen MR) is 106 cm³/mol. The highest BCUT2D eigenvalue weighted by Crippen LogP contribution is 2.12. The van der Waals surface area contributed by atoms with Crippen LogP contribution in [0.5, 0.6) is 0 Å². The number of ether oxygens (including phenoxy) is 1. The summed E-state index contributed by atoms with van der Waals surface area (Å²) in [6.45, 7) is 5.64. The molecule has 0 bridgehead atoms. The van der Waals surface area contributed by atoms with E-state index in [1.165, 1.54) is 6.92 Å². The molecule has 0 aromatic heterocycles. The Labute approximate surface area is 160 Å². The molecule has 0 aliphatic carbocycles. The van der Waals surface area contributed by atoms with Crippen molar-refractivity contribution >= 4 is 23.6 Å². The lowest BCUT2D eigenvalue weighted by atomic mass is 10.1. The van der Waals surface area contributed by atoms with Crippen molar-refractivity contribution in [3.8, 4) is 0 Å². The number of carbonyl (C=O) groups is 2. The Hall–Kier alpha value is -2.77. The summed E-state index contributed by atoms with van der Waals surface area (Å²) < 4.78 is 5.04. The number of nitrogens with zero attached hydrogens (tertiary/aromatic N) is 2. The number of amides is 2. The second-order valence-electron chi connectivity index (χ2n) is 6.41. The van der Waals surface area contributed by atoms with Gasteiger partial charge in [-0.05, 0) is 37.5 Å². The van der Waals surface area contributed by atoms with Crippen molar-refractivity contribution in [3.63, 3.8) is 0 Å². The van der Waals surface area contributed by atoms with Crippen LogP contribution in [0.2, 0.25) is 0 Å². The Morgan fingerprint density at radius 2 is 2.04 bits per heavy atom. The van der Waals surface area contributed by atoms with Gasteiger partial charge in [0.15, 0.2) is 5.96 Å². The van der Waals surface area contributed by atoms with Gasteiger partial charge in [-0.3, -0.25) is 9.79 Å². The van der Waals surface area contributed by atoms with Gasteiger partial charge in [-0.25, -0.2) is 4.79 Å². The average Bonchev–Trinajstić information content (AvgIpc) is 2.65. The molecule has 1 aliphatic heterocycles. The summed E-state index contributed by atoms with van der Waals surface area (Å²) in [4.78, 5) is 28.9. The predicted octanol–water partition coefficient (Wildman–Crippen LogP) is 1.93. The molecule has 1 saturated heterocycles. The molecule has 1 heterocycles. The molecule has 8 heteroatoms. The lowest BCUT2D eigenvalue weighted by Crippen LogP contribution is -2.49. The molecular formula is C19H29N5O3. The molecule has 27 heavy (non-hydrogen) atoms. The molecule has 0 saturated carbocycles. The number of anilines is 1. The van der Waals surface area contributed by atoms with Gasteiger partial charge < -0.3 is 25.6 Å². The topological polar surface area (TPSA) is 95.1 Å². The Balaban J connectivity index is 1.80. The van der Waals surface area contributed by atoms with Crippen LogP contribution in [0.1, 0.15) is 32.3 Å². The normalized spacial score (nSPS) is 15.2. The third-order valence-corrected chi connectivity index (χ3v) is 4.29. The summed E-state index contributed by atoms with van der Waals surface area (Å²) >= 11 is 0. The van der Waals surface area contributed by atoms with Crippen molar-refractivity contribution in [1.82, 2.24) is 15.5 Å². The average molecular weight is 375 g/mol. The van der Waals surface area contributed by atoms with Gasteiger partial charge >= 0.3 is 6.09 Å². The van der Waals surface area contributed by atoms with E-state index in [1.54, 1.807) is 11.9 Å². The van der Waals surface area contributed by atoms with Gasteiger partial charge in [0, 0.05) is 45.3 Å². The van der Waals surface area contributed by atoms with Gasteiger partial charge in [0.25, 0.3) is 0 Å². The fourth-order valence-electron chi connectivity index (χ4n) is 2.96. The molecule has 3 N–H and O–H groups in total. The van der Waals surface area contributed by atoms with E-state index in [2.05, 4.69) is 20.9 Å². The van der Waals surface area contributed by atoms with Crippen molar-refractivity contribution < 1.29 is 14.3 Å². The van der Waals surface area contributed by atoms with Gasteiger partial charge in [0.1, 0.15) is 0 Å². The Morgan fingerprint density at radius 1 is 1.30 bits per heavy atom. The SMILES string of the molecule is CCOC(=O)N1CCC(NC(=NC)NCc2cccc(NC(C)=O)c2)CC1. The number of carbonyl (C=O) groups excluding carboxylic acids is 2. The van der Waals surface area contributed by atoms with Crippen LogP contribution in [0.15, 0.2) is 29.3 Å². The number of piperidine rings is 1. The van der Waals surface area contributed by atoms with Crippen molar-refractivity contribution in [2.24, 2.45) is 4.99 Å². The second-order valence-corrected chi connectivity index (χ2v) is 6.41. The number of rotatable bonds is 5. The first-order chi connectivity index (χ1) is 13.0. The molecule has 8 nitrogen and oxygen atoms in total. The third-order valence-electron chi connectivity index (χ3n) is 4.29. The van der Waals surface area contributed by atoms with E-state index >= 15 is 0 Å². The van der Waals surface area contributed by atoms with Crippen LogP contribution in [-0.4, -0.2) is 55.6 Å². The van der Waals surface area contributed by atoms with Crippen molar-refractivity contribution in [2.45, 2.75) is 39.3 Å². The van der Waals surface area contributed by atoms with E-state index in [9.17, 15) is 9.59 Å². The van der Waals surface area contributed by atoms with E-state index in [0.29, 0.717) is 26.2 Å². The highest BCUT2D eigenvalue weighted by atomic mass is 16.6. The largest absolute Gasteiger partial charge is 0.450 e. The third kappa shape index (κ3) is 6.80. The lowest BCUT2D eigenvalue weighted by Gasteiger charge is -2.32. The zero-order chi connectivity index (χ0) is 19.6. The number of likely N-dealkylation sites (tertiary alicyclic amines) is 1. The minimum absolute atomic E-state index is 0.0910. The minimum Gasteiger partial charge on any atom is -0.450 e. The van der Waals surface area contributed by atoms with Crippen molar-refractivity contribution in [2.75, 3.05) is 32.1 Å². The van der Waals surface area contributed by atoms with Crippen LogP contribution in [-0.2, 0) is 16.1 Å². The standard InChI is InChI=1S/C19H29N5O3/c1-4-27-19(26)24-10-8-16(9-11-24)23-18(20-3)21-13-15-6-5-7-17(12-15)22-14(2)25/h5-7,12,16H,4,8-11,13H2,1-3H3,(H,22,25)(H2,20,21,23). The van der Waals surface area contributed by atoms with Crippen molar-refractivity contribution in [1.29, 1.82) is 0 Å². The molecule has 1 aromatic rings. The first kappa shape index (κ1) is 20.5. The summed E-state index contributed by atoms with van der Waals surface area (Å²) in [5, 5.41) is 9.47. The van der Waals surface area contributed by atoms with Gasteiger partial charge in [0.2, 0.25) is 5.91 Å². The number of hydrogen-bond acceptors (Lipinski definition) is 4. The summed E-state index contributed by atoms with van der Waals surface area (Å²) in [6.07, 6.45) is 1.45. The van der Waals surface area contributed by atoms with E-state index in [4.69, 9.17) is 4.74 Å². The highest BCUT2D eigenvalue weighted by molar-refractivity contribution is 5.88. The summed E-state index contributed by atoms with van der Waals surface area (Å²) in [5.41, 5.74) is 1.82. The monoisotopic (exact) mass is 375 g/mol. The van der Waals surface area contributed by atoms with E-state index in [1.807, 2.05) is 31.2 Å². The number of guanidine groups is 1. The summed E-state index contributed by atoms with van der Waals surface area (Å²) in [7, 11) is 1.73. The van der Waals surface area contributed by atoms with Crippen LogP contribution >= 0.6 is 0 Å². The van der Waals surface area contributed by atoms with Crippen LogP contribution in [0.4, 0.5) is 10.5 Å². The van der Waals surface area contributed by atoms with Crippen LogP contribution in [0.25, 0.3) is 0 Å². The Morgan fingerprint density at radius 3 is 2.67 bits per heavy atom. The Bertz CT molecular complexity index is 669. The molecule has 0 radical (unpaired) electrons. The molecule has 2 amide bonds. The fraction of sp³-hybridized carbons (Fsp3) is 0.526. The molecule has 1 fully saturated rings. The summed E-state index contributed by atoms with van der Waals surface area (Å²) in [5.74, 6) is 0.626. The van der Waals surface area contributed by atoms with Gasteiger partial charge in [-0.2, -0.15) is 0 Å². The first-order valence-corrected chi connectivity index (χ1v) is 9.27. The van der Waals surface area contributed by atoms with E-state index < -0.39 is 0 Å². The zero-order valence-corrected chi connectivity index (χ0v) is 16.2. The molecule has 1 aliphatic rings. The smallest absolute Gasteiger partial charge is 0.409 e. The first-order valence-electron chi connectivity index (χ1n) is 9.27. The second kappa shape index (κ2) is 10.4. The molecular weight excluding hydrogens is 346 g/mol. The van der Waals surface area contributed by atoms with Crippen molar-refractivity contribution in [3.05, 3.63) is 29.8 Å². The minimum atomic E-state index is -0.238. The lowest BCUT2D eigenvalue weighted by molar-refractivity contribution is -0.114. The maximum absolute atomic E-state index is 11.8. The maximum atomic E-state index is 11.8. The number of nitrogens with one attached hydrogen (secondary N) is 3. The molecule has 0 unspecified atom stereocenters. The van der Waals surface area contributed by atoms with Crippen LogP contribution in [0, 0.1) is 0 Å². The number of aliphatic imine (C=N–C) groups is 1. The van der Waals surface area contributed by atoms with Crippen LogP contribution < -0.4 is 16.0 Å². The van der Waals surface area contributed by atoms with E-state index in [0.717, 1.165) is 30.1 Å². The molecule has 1 aromatic carbocycles. The van der Waals surface area contributed by atoms with Gasteiger partial charge in [-0.15, -0.1) is 0 Å². The summed E-state index contributed by atoms with van der Waals surface area (Å²) in [6, 6.07) is 7.94. The molecule has 0 atom stereocenters. The van der Waals surface area contributed by atoms with E-state index in [-0.39, 0.29) is 18.0 Å². The fourth-order valence-corrected chi connectivity index (χ4v) is 2.96. The van der Waals surface area contributed by atoms with Crippen LogP contribution in [0.3, 0.4) is 0 Å². The number of benzene rings is 1. The Kier molecular flexibility index (Phi) is 7.91. The molecule has 148 valence electrons. The molecule has 2 rings (SSSR count). The number of hydrogen-bond donors (Lipinski definition) is 3. The van der Waals surface area contributed by atoms with Gasteiger partial charge in [0.05, 0.1) is 6.61 Å². The maximum Gasteiger partial charge on any atom is 0.409 e. The quantitative estimate of drug-likeness (QED) is 0.540. The highest BCUT2D eigenvalue weighted by Gasteiger charge is 2.23. The van der Waals surface area contributed by atoms with Gasteiger partial charge in [-0.1, -0.05) is 12.1 Å². The zero-order valence-electron chi connectivity index (χ0n) is 16.2.